The van der Waals surface area contributed by atoms with Crippen LogP contribution in [0.5, 0.6) is 5.75 Å². The quantitative estimate of drug-likeness (QED) is 0.245. The fourth-order valence-corrected chi connectivity index (χ4v) is 2.83. The lowest BCUT2D eigenvalue weighted by Crippen LogP contribution is -2.30. The van der Waals surface area contributed by atoms with Crippen molar-refractivity contribution in [3.63, 3.8) is 0 Å². The second-order valence-electron chi connectivity index (χ2n) is 5.32. The maximum Gasteiger partial charge on any atom is 0.485 e. The number of hydrogen-bond acceptors (Lipinski definition) is 4. The van der Waals surface area contributed by atoms with Gasteiger partial charge in [0, 0.05) is 17.2 Å². The Morgan fingerprint density at radius 3 is 2.15 bits per heavy atom. The lowest BCUT2D eigenvalue weighted by Gasteiger charge is -2.08. The smallest absolute Gasteiger partial charge is 0.485 e. The van der Waals surface area contributed by atoms with E-state index in [1.54, 1.807) is 7.11 Å². The van der Waals surface area contributed by atoms with Gasteiger partial charge in [0.25, 0.3) is 0 Å². The molecule has 0 aliphatic heterocycles. The van der Waals surface area contributed by atoms with Crippen LogP contribution in [0.2, 0.25) is 10.0 Å². The Morgan fingerprint density at radius 1 is 1.04 bits per heavy atom. The highest BCUT2D eigenvalue weighted by Crippen LogP contribution is 2.32. The topological polar surface area (TPSA) is 70.3 Å². The van der Waals surface area contributed by atoms with Crippen molar-refractivity contribution in [2.75, 3.05) is 7.11 Å². The number of fused-ring (bicyclic) bond motifs is 2. The van der Waals surface area contributed by atoms with Crippen molar-refractivity contribution in [1.29, 1.82) is 0 Å². The summed E-state index contributed by atoms with van der Waals surface area (Å²) in [5, 5.41) is 3.37. The van der Waals surface area contributed by atoms with E-state index in [4.69, 9.17) is 40.9 Å². The predicted molar refractivity (Wildman–Crippen MR) is 95.0 cm³/mol. The van der Waals surface area contributed by atoms with Crippen molar-refractivity contribution < 1.29 is 35.4 Å². The summed E-state index contributed by atoms with van der Waals surface area (Å²) < 4.78 is 66.2. The van der Waals surface area contributed by atoms with Crippen molar-refractivity contribution in [2.24, 2.45) is 7.05 Å². The molecule has 0 aliphatic carbocycles. The number of aryl methyl sites for hydroxylation is 1. The Bertz CT molecular complexity index is 1120. The number of benzene rings is 2. The van der Waals surface area contributed by atoms with Crippen LogP contribution in [0.25, 0.3) is 21.8 Å². The number of hydrogen-bond donors (Lipinski definition) is 0. The van der Waals surface area contributed by atoms with Crippen molar-refractivity contribution in [2.45, 2.75) is 5.51 Å². The van der Waals surface area contributed by atoms with E-state index >= 15 is 0 Å². The first-order valence-corrected chi connectivity index (χ1v) is 9.30. The highest BCUT2D eigenvalue weighted by Gasteiger charge is 2.36. The summed E-state index contributed by atoms with van der Waals surface area (Å²) in [6.07, 6.45) is 0. The monoisotopic (exact) mass is 441 g/mol. The van der Waals surface area contributed by atoms with E-state index in [-0.39, 0.29) is 0 Å². The minimum atomic E-state index is -6.09. The van der Waals surface area contributed by atoms with E-state index in [2.05, 4.69) is 4.57 Å². The molecule has 0 saturated heterocycles. The molecule has 3 aromatic rings. The van der Waals surface area contributed by atoms with Crippen molar-refractivity contribution in [1.82, 2.24) is 0 Å². The standard InChI is InChI=1S/C15H12Cl2NO.CHF3O3S/c1-18-13-6-4-10(19-2)8-12(13)15(17)11-5-3-9(16)7-14(11)18;2-1(3,4)8(5,6)7/h3-8H,1-2H3;(H,5,6,7)/q+1;/p-1. The molecule has 3 rings (SSSR count). The molecular weight excluding hydrogens is 430 g/mol. The third kappa shape index (κ3) is 4.55. The van der Waals surface area contributed by atoms with Gasteiger partial charge in [-0.15, -0.1) is 0 Å². The van der Waals surface area contributed by atoms with E-state index in [1.807, 2.05) is 43.4 Å². The van der Waals surface area contributed by atoms with Gasteiger partial charge in [0.05, 0.1) is 22.9 Å². The molecule has 11 heteroatoms. The number of pyridine rings is 1. The minimum absolute atomic E-state index is 0.701. The summed E-state index contributed by atoms with van der Waals surface area (Å²) in [5.41, 5.74) is -3.59. The van der Waals surface area contributed by atoms with E-state index in [0.717, 1.165) is 32.6 Å². The summed E-state index contributed by atoms with van der Waals surface area (Å²) in [6.45, 7) is 0. The highest BCUT2D eigenvalue weighted by atomic mass is 35.5. The summed E-state index contributed by atoms with van der Waals surface area (Å²) in [5.74, 6) is 0.794. The predicted octanol–water partition coefficient (Wildman–Crippen LogP) is 4.18. The zero-order valence-electron chi connectivity index (χ0n) is 13.8. The lowest BCUT2D eigenvalue weighted by molar-refractivity contribution is -0.617. The van der Waals surface area contributed by atoms with Crippen LogP contribution in [-0.2, 0) is 17.2 Å². The Balaban J connectivity index is 0.000000279. The first kappa shape index (κ1) is 21.5. The summed E-state index contributed by atoms with van der Waals surface area (Å²) in [6, 6.07) is 11.6. The maximum absolute atomic E-state index is 10.7. The van der Waals surface area contributed by atoms with Crippen LogP contribution in [0.4, 0.5) is 13.2 Å². The first-order chi connectivity index (χ1) is 12.4. The zero-order valence-corrected chi connectivity index (χ0v) is 16.2. The van der Waals surface area contributed by atoms with Crippen LogP contribution in [0.3, 0.4) is 0 Å². The van der Waals surface area contributed by atoms with Gasteiger partial charge in [0.15, 0.2) is 10.1 Å². The molecular formula is C16H12Cl2F3NO4S. The van der Waals surface area contributed by atoms with Gasteiger partial charge in [0.2, 0.25) is 11.0 Å². The van der Waals surface area contributed by atoms with Crippen LogP contribution in [-0.4, -0.2) is 25.6 Å². The maximum atomic E-state index is 10.7. The molecule has 0 unspecified atom stereocenters. The molecule has 0 fully saturated rings. The summed E-state index contributed by atoms with van der Waals surface area (Å²) >= 11 is 12.6. The fraction of sp³-hybridized carbons (Fsp3) is 0.188. The Labute approximate surface area is 162 Å². The number of rotatable bonds is 1. The second kappa shape index (κ2) is 7.67. The molecule has 0 atom stereocenters. The second-order valence-corrected chi connectivity index (χ2v) is 7.50. The first-order valence-electron chi connectivity index (χ1n) is 7.13. The summed E-state index contributed by atoms with van der Waals surface area (Å²) in [4.78, 5) is 0. The van der Waals surface area contributed by atoms with Crippen molar-refractivity contribution in [3.8, 4) is 5.75 Å². The van der Waals surface area contributed by atoms with Gasteiger partial charge in [-0.1, -0.05) is 23.2 Å². The zero-order chi connectivity index (χ0) is 20.6. The molecule has 0 radical (unpaired) electrons. The Morgan fingerprint density at radius 2 is 1.63 bits per heavy atom. The van der Waals surface area contributed by atoms with Gasteiger partial charge < -0.3 is 9.29 Å². The fourth-order valence-electron chi connectivity index (χ4n) is 2.35. The average molecular weight is 442 g/mol. The number of ether oxygens (including phenoxy) is 1. The molecule has 0 saturated carbocycles. The minimum Gasteiger partial charge on any atom is -0.741 e. The number of aromatic nitrogens is 1. The molecule has 0 aliphatic rings. The van der Waals surface area contributed by atoms with Crippen LogP contribution in [0.15, 0.2) is 36.4 Å². The molecule has 0 spiro atoms. The van der Waals surface area contributed by atoms with Crippen molar-refractivity contribution in [3.05, 3.63) is 46.4 Å². The largest absolute Gasteiger partial charge is 0.741 e. The molecule has 0 bridgehead atoms. The molecule has 0 amide bonds. The van der Waals surface area contributed by atoms with Crippen molar-refractivity contribution >= 4 is 55.1 Å². The van der Waals surface area contributed by atoms with E-state index in [1.165, 1.54) is 0 Å². The number of methoxy groups -OCH3 is 1. The average Bonchev–Trinajstić information content (AvgIpc) is 2.58. The van der Waals surface area contributed by atoms with E-state index in [0.29, 0.717) is 5.02 Å². The molecule has 5 nitrogen and oxygen atoms in total. The summed E-state index contributed by atoms with van der Waals surface area (Å²) in [7, 11) is -2.44. The van der Waals surface area contributed by atoms with Gasteiger partial charge in [-0.25, -0.2) is 8.42 Å². The molecule has 0 N–H and O–H groups in total. The number of halogens is 5. The van der Waals surface area contributed by atoms with Crippen LogP contribution in [0, 0.1) is 0 Å². The number of alkyl halides is 3. The molecule has 2 aromatic carbocycles. The van der Waals surface area contributed by atoms with Gasteiger partial charge in [-0.05, 0) is 24.3 Å². The van der Waals surface area contributed by atoms with E-state index < -0.39 is 15.6 Å². The third-order valence-corrected chi connectivity index (χ3v) is 4.85. The molecule has 1 heterocycles. The normalized spacial score (nSPS) is 12.0. The van der Waals surface area contributed by atoms with Crippen LogP contribution < -0.4 is 9.30 Å². The SMILES string of the molecule is COc1ccc2c(c1)c(Cl)c1ccc(Cl)cc1[n+]2C.O=S(=O)([O-])C(F)(F)F. The highest BCUT2D eigenvalue weighted by molar-refractivity contribution is 7.86. The Kier molecular flexibility index (Phi) is 6.10. The van der Waals surface area contributed by atoms with Crippen LogP contribution >= 0.6 is 23.2 Å². The van der Waals surface area contributed by atoms with Gasteiger partial charge in [-0.2, -0.15) is 17.7 Å². The Hall–Kier alpha value is -1.81. The lowest BCUT2D eigenvalue weighted by atomic mass is 10.1. The number of nitrogens with zero attached hydrogens (tertiary/aromatic N) is 1. The molecule has 1 aromatic heterocycles. The van der Waals surface area contributed by atoms with Gasteiger partial charge in [0.1, 0.15) is 12.8 Å². The van der Waals surface area contributed by atoms with Gasteiger partial charge in [-0.3, -0.25) is 0 Å². The van der Waals surface area contributed by atoms with Gasteiger partial charge >= 0.3 is 5.51 Å². The molecule has 27 heavy (non-hydrogen) atoms. The molecule has 146 valence electrons. The van der Waals surface area contributed by atoms with E-state index in [9.17, 15) is 13.2 Å². The van der Waals surface area contributed by atoms with Crippen LogP contribution in [0.1, 0.15) is 0 Å². The third-order valence-electron chi connectivity index (χ3n) is 3.64.